The molecule has 1 saturated heterocycles. The molecule has 0 amide bonds. The van der Waals surface area contributed by atoms with E-state index in [9.17, 15) is 20.4 Å². The lowest BCUT2D eigenvalue weighted by atomic mass is 9.43. The van der Waals surface area contributed by atoms with Crippen LogP contribution in [0.3, 0.4) is 0 Å². The zero-order valence-electron chi connectivity index (χ0n) is 16.0. The van der Waals surface area contributed by atoms with Crippen LogP contribution in [0, 0.1) is 22.7 Å². The molecule has 1 aliphatic heterocycles. The molecule has 0 unspecified atom stereocenters. The van der Waals surface area contributed by atoms with Gasteiger partial charge in [-0.25, -0.2) is 0 Å². The third-order valence-corrected chi connectivity index (χ3v) is 8.46. The maximum atomic E-state index is 10.6. The summed E-state index contributed by atoms with van der Waals surface area (Å²) >= 11 is 0. The molecule has 3 aliphatic rings. The molecule has 1 heterocycles. The largest absolute Gasteiger partial charge is 0.396 e. The van der Waals surface area contributed by atoms with Crippen molar-refractivity contribution in [2.45, 2.75) is 83.0 Å². The number of aliphatic hydroxyl groups is 4. The first-order valence-corrected chi connectivity index (χ1v) is 9.94. The monoisotopic (exact) mass is 356 g/mol. The average Bonchev–Trinajstić information content (AvgIpc) is 2.99. The molecule has 5 nitrogen and oxygen atoms in total. The summed E-state index contributed by atoms with van der Waals surface area (Å²) in [5.41, 5.74) is -1.66. The first-order valence-electron chi connectivity index (χ1n) is 9.94. The molecule has 25 heavy (non-hydrogen) atoms. The van der Waals surface area contributed by atoms with Gasteiger partial charge in [0.1, 0.15) is 0 Å². The highest BCUT2D eigenvalue weighted by Gasteiger charge is 2.68. The molecule has 5 heteroatoms. The van der Waals surface area contributed by atoms with Crippen LogP contribution < -0.4 is 0 Å². The zero-order chi connectivity index (χ0) is 18.5. The fourth-order valence-electron chi connectivity index (χ4n) is 6.70. The molecule has 1 spiro atoms. The maximum Gasteiger partial charge on any atom is 0.0942 e. The van der Waals surface area contributed by atoms with Gasteiger partial charge in [0.05, 0.1) is 30.5 Å². The number of hydrogen-bond acceptors (Lipinski definition) is 5. The fraction of sp³-hybridized carbons (Fsp3) is 1.00. The Kier molecular flexibility index (Phi) is 5.05. The zero-order valence-corrected chi connectivity index (χ0v) is 16.0. The minimum absolute atomic E-state index is 0.0121. The van der Waals surface area contributed by atoms with Crippen molar-refractivity contribution in [3.8, 4) is 0 Å². The Morgan fingerprint density at radius 1 is 0.960 bits per heavy atom. The van der Waals surface area contributed by atoms with E-state index in [0.29, 0.717) is 18.8 Å². The van der Waals surface area contributed by atoms with Crippen LogP contribution in [0.2, 0.25) is 0 Å². The van der Waals surface area contributed by atoms with Gasteiger partial charge in [-0.2, -0.15) is 0 Å². The van der Waals surface area contributed by atoms with Crippen LogP contribution in [0.15, 0.2) is 0 Å². The van der Waals surface area contributed by atoms with Gasteiger partial charge in [-0.05, 0) is 50.4 Å². The van der Waals surface area contributed by atoms with Crippen LogP contribution in [-0.2, 0) is 4.74 Å². The topological polar surface area (TPSA) is 90.2 Å². The van der Waals surface area contributed by atoms with Crippen molar-refractivity contribution in [2.24, 2.45) is 22.7 Å². The lowest BCUT2D eigenvalue weighted by Gasteiger charge is -2.65. The van der Waals surface area contributed by atoms with E-state index >= 15 is 0 Å². The molecule has 2 aliphatic carbocycles. The number of hydrogen-bond donors (Lipinski definition) is 4. The molecule has 3 fully saturated rings. The third-order valence-electron chi connectivity index (χ3n) is 8.46. The van der Waals surface area contributed by atoms with E-state index < -0.39 is 17.1 Å². The van der Waals surface area contributed by atoms with Gasteiger partial charge in [0.15, 0.2) is 0 Å². The maximum absolute atomic E-state index is 10.6. The van der Waals surface area contributed by atoms with Crippen molar-refractivity contribution < 1.29 is 25.2 Å². The summed E-state index contributed by atoms with van der Waals surface area (Å²) in [6.07, 6.45) is 5.15. The Labute approximate surface area is 151 Å². The molecule has 7 atom stereocenters. The van der Waals surface area contributed by atoms with Crippen LogP contribution in [0.25, 0.3) is 0 Å². The van der Waals surface area contributed by atoms with Crippen molar-refractivity contribution in [3.05, 3.63) is 0 Å². The van der Waals surface area contributed by atoms with E-state index in [4.69, 9.17) is 4.74 Å². The Hall–Kier alpha value is -0.200. The number of rotatable bonds is 4. The van der Waals surface area contributed by atoms with Crippen LogP contribution in [-0.4, -0.2) is 57.6 Å². The Morgan fingerprint density at radius 2 is 1.68 bits per heavy atom. The Morgan fingerprint density at radius 3 is 2.28 bits per heavy atom. The van der Waals surface area contributed by atoms with Crippen LogP contribution in [0.5, 0.6) is 0 Å². The van der Waals surface area contributed by atoms with Crippen molar-refractivity contribution in [1.82, 2.24) is 0 Å². The summed E-state index contributed by atoms with van der Waals surface area (Å²) in [5, 5.41) is 40.2. The molecular formula is C20H36O5. The van der Waals surface area contributed by atoms with Gasteiger partial charge in [-0.15, -0.1) is 0 Å². The molecule has 3 rings (SSSR count). The first kappa shape index (κ1) is 19.6. The van der Waals surface area contributed by atoms with Gasteiger partial charge >= 0.3 is 0 Å². The van der Waals surface area contributed by atoms with Gasteiger partial charge in [-0.3, -0.25) is 0 Å². The fourth-order valence-corrected chi connectivity index (χ4v) is 6.70. The molecule has 0 aromatic carbocycles. The molecular weight excluding hydrogens is 320 g/mol. The Bertz CT molecular complexity index is 498. The number of fused-ring (bicyclic) bond motifs is 2. The molecule has 0 bridgehead atoms. The van der Waals surface area contributed by atoms with E-state index in [0.717, 1.165) is 32.1 Å². The highest BCUT2D eigenvalue weighted by molar-refractivity contribution is 5.17. The van der Waals surface area contributed by atoms with Crippen LogP contribution in [0.4, 0.5) is 0 Å². The summed E-state index contributed by atoms with van der Waals surface area (Å²) in [4.78, 5) is 0. The minimum atomic E-state index is -0.653. The van der Waals surface area contributed by atoms with Crippen LogP contribution in [0.1, 0.15) is 65.7 Å². The second-order valence-electron chi connectivity index (χ2n) is 9.47. The summed E-state index contributed by atoms with van der Waals surface area (Å²) in [6, 6.07) is 0. The molecule has 0 aromatic rings. The number of ether oxygens (including phenoxy) is 1. The van der Waals surface area contributed by atoms with E-state index in [1.165, 1.54) is 0 Å². The van der Waals surface area contributed by atoms with E-state index in [1.807, 2.05) is 6.92 Å². The minimum Gasteiger partial charge on any atom is -0.396 e. The quantitative estimate of drug-likeness (QED) is 0.617. The summed E-state index contributed by atoms with van der Waals surface area (Å²) in [6.45, 7) is 6.47. The first-order chi connectivity index (χ1) is 11.7. The molecule has 2 saturated carbocycles. The van der Waals surface area contributed by atoms with Crippen molar-refractivity contribution >= 4 is 0 Å². The van der Waals surface area contributed by atoms with E-state index in [-0.39, 0.29) is 36.8 Å². The highest BCUT2D eigenvalue weighted by Crippen LogP contribution is 2.67. The Balaban J connectivity index is 2.02. The number of aliphatic hydroxyl groups excluding tert-OH is 4. The van der Waals surface area contributed by atoms with Crippen LogP contribution >= 0.6 is 0 Å². The standard InChI is InChI=1S/C20H36O5/c1-14-4-5-15-17(2,12-22)16(24)6-7-18(15,3)20(14)9-8-19(13-23,25-20)10-11-21/h14-16,21-24H,4-13H2,1-3H3/t14-,15-,16-,17+,18+,19-,20+/m1/s1. The smallest absolute Gasteiger partial charge is 0.0942 e. The third kappa shape index (κ3) is 2.53. The van der Waals surface area contributed by atoms with E-state index in [2.05, 4.69) is 13.8 Å². The van der Waals surface area contributed by atoms with Gasteiger partial charge in [0.25, 0.3) is 0 Å². The van der Waals surface area contributed by atoms with Gasteiger partial charge < -0.3 is 25.2 Å². The van der Waals surface area contributed by atoms with Crippen molar-refractivity contribution in [2.75, 3.05) is 19.8 Å². The van der Waals surface area contributed by atoms with E-state index in [1.54, 1.807) is 0 Å². The van der Waals surface area contributed by atoms with Gasteiger partial charge in [0, 0.05) is 23.9 Å². The molecule has 0 aromatic heterocycles. The van der Waals surface area contributed by atoms with Gasteiger partial charge in [-0.1, -0.05) is 20.8 Å². The average molecular weight is 357 g/mol. The second kappa shape index (κ2) is 6.45. The predicted octanol–water partition coefficient (Wildman–Crippen LogP) is 1.85. The van der Waals surface area contributed by atoms with Crippen molar-refractivity contribution in [1.29, 1.82) is 0 Å². The highest BCUT2D eigenvalue weighted by atomic mass is 16.5. The summed E-state index contributed by atoms with van der Waals surface area (Å²) in [5.74, 6) is 0.549. The lowest BCUT2D eigenvalue weighted by molar-refractivity contribution is -0.272. The summed E-state index contributed by atoms with van der Waals surface area (Å²) < 4.78 is 6.75. The molecule has 0 radical (unpaired) electrons. The molecule has 4 N–H and O–H groups in total. The normalized spacial score (nSPS) is 53.2. The van der Waals surface area contributed by atoms with Crippen molar-refractivity contribution in [3.63, 3.8) is 0 Å². The molecule has 146 valence electrons. The second-order valence-corrected chi connectivity index (χ2v) is 9.47. The van der Waals surface area contributed by atoms with Gasteiger partial charge in [0.2, 0.25) is 0 Å². The predicted molar refractivity (Wildman–Crippen MR) is 95.0 cm³/mol. The summed E-state index contributed by atoms with van der Waals surface area (Å²) in [7, 11) is 0. The lowest BCUT2D eigenvalue weighted by Crippen LogP contribution is -2.66. The SMILES string of the molecule is C[C@@H]1CC[C@@H]2[C@](C)(CO)[C@H](O)CC[C@]2(C)[C@]12CC[C@](CO)(CCO)O2.